The molecule has 0 aliphatic carbocycles. The summed E-state index contributed by atoms with van der Waals surface area (Å²) in [5, 5.41) is 0. The zero-order valence-electron chi connectivity index (χ0n) is 11.0. The lowest BCUT2D eigenvalue weighted by Crippen LogP contribution is -2.22. The van der Waals surface area contributed by atoms with Crippen molar-refractivity contribution >= 4 is 7.60 Å². The van der Waals surface area contributed by atoms with Gasteiger partial charge in [-0.2, -0.15) is 0 Å². The fourth-order valence-corrected chi connectivity index (χ4v) is 2.39. The molecule has 7 heteroatoms. The highest BCUT2D eigenvalue weighted by Crippen LogP contribution is 2.48. The van der Waals surface area contributed by atoms with Gasteiger partial charge < -0.3 is 23.3 Å². The summed E-state index contributed by atoms with van der Waals surface area (Å²) in [5.74, 6) is 0. The maximum atomic E-state index is 12.0. The van der Waals surface area contributed by atoms with Crippen LogP contribution in [-0.4, -0.2) is 39.3 Å². The Balaban J connectivity index is 4.20. The van der Waals surface area contributed by atoms with E-state index in [4.69, 9.17) is 23.3 Å². The Kier molecular flexibility index (Phi) is 10.0. The van der Waals surface area contributed by atoms with Crippen LogP contribution in [0.25, 0.3) is 0 Å². The van der Waals surface area contributed by atoms with Gasteiger partial charge >= 0.3 is 7.60 Å². The lowest BCUT2D eigenvalue weighted by molar-refractivity contribution is -0.278. The van der Waals surface area contributed by atoms with Gasteiger partial charge in [-0.05, 0) is 27.7 Å². The molecule has 0 fully saturated rings. The van der Waals surface area contributed by atoms with E-state index in [-0.39, 0.29) is 6.35 Å². The van der Waals surface area contributed by atoms with Crippen molar-refractivity contribution in [3.8, 4) is 0 Å². The third-order valence-corrected chi connectivity index (χ3v) is 3.39. The topological polar surface area (TPSA) is 63.2 Å². The van der Waals surface area contributed by atoms with Crippen molar-refractivity contribution in [2.45, 2.75) is 34.2 Å². The van der Waals surface area contributed by atoms with Crippen LogP contribution in [0.4, 0.5) is 0 Å². The van der Waals surface area contributed by atoms with Crippen molar-refractivity contribution in [2.24, 2.45) is 0 Å². The van der Waals surface area contributed by atoms with Gasteiger partial charge in [0.25, 0.3) is 6.48 Å². The molecule has 0 saturated carbocycles. The summed E-state index contributed by atoms with van der Waals surface area (Å²) < 4.78 is 37.7. The predicted molar refractivity (Wildman–Crippen MR) is 63.9 cm³/mol. The Hall–Kier alpha value is 0.0300. The van der Waals surface area contributed by atoms with Gasteiger partial charge in [0.15, 0.2) is 6.35 Å². The van der Waals surface area contributed by atoms with Crippen LogP contribution < -0.4 is 0 Å². The third kappa shape index (κ3) is 7.86. The van der Waals surface area contributed by atoms with Crippen LogP contribution in [0.1, 0.15) is 27.7 Å². The summed E-state index contributed by atoms with van der Waals surface area (Å²) in [6, 6.07) is 0. The smallest absolute Gasteiger partial charge is 0.330 e. The van der Waals surface area contributed by atoms with Crippen molar-refractivity contribution in [3.63, 3.8) is 0 Å². The Morgan fingerprint density at radius 3 is 1.65 bits per heavy atom. The molecule has 0 aliphatic heterocycles. The lowest BCUT2D eigenvalue weighted by atomic mass is 10.8. The Bertz CT molecular complexity index is 207. The van der Waals surface area contributed by atoms with Crippen LogP contribution in [0.2, 0.25) is 0 Å². The first-order valence-electron chi connectivity index (χ1n) is 5.84. The van der Waals surface area contributed by atoms with Gasteiger partial charge in [-0.15, -0.1) is 0 Å². The molecule has 0 aliphatic rings. The standard InChI is InChI=1S/C10H23O6P/c1-5-12-10(13-6-2)14-9-17(11,15-7-3)16-8-4/h10H,5-9H2,1-4H3. The molecule has 0 spiro atoms. The highest BCUT2D eigenvalue weighted by atomic mass is 31.2. The Labute approximate surface area is 103 Å². The second-order valence-corrected chi connectivity index (χ2v) is 4.94. The molecule has 0 heterocycles. The number of hydrogen-bond acceptors (Lipinski definition) is 6. The van der Waals surface area contributed by atoms with Crippen LogP contribution in [0.3, 0.4) is 0 Å². The maximum Gasteiger partial charge on any atom is 0.356 e. The summed E-state index contributed by atoms with van der Waals surface area (Å²) in [6.07, 6.45) is -0.181. The summed E-state index contributed by atoms with van der Waals surface area (Å²) >= 11 is 0. The maximum absolute atomic E-state index is 12.0. The van der Waals surface area contributed by atoms with Crippen molar-refractivity contribution in [3.05, 3.63) is 0 Å². The molecule has 104 valence electrons. The van der Waals surface area contributed by atoms with Crippen LogP contribution in [-0.2, 0) is 27.8 Å². The van der Waals surface area contributed by atoms with Gasteiger partial charge in [0, 0.05) is 13.2 Å². The molecule has 17 heavy (non-hydrogen) atoms. The van der Waals surface area contributed by atoms with Gasteiger partial charge in [-0.1, -0.05) is 0 Å². The third-order valence-electron chi connectivity index (χ3n) is 1.63. The van der Waals surface area contributed by atoms with E-state index in [0.717, 1.165) is 0 Å². The van der Waals surface area contributed by atoms with Crippen LogP contribution in [0.5, 0.6) is 0 Å². The van der Waals surface area contributed by atoms with Crippen LogP contribution >= 0.6 is 7.60 Å². The predicted octanol–water partition coefficient (Wildman–Crippen LogP) is 2.58. The molecule has 0 N–H and O–H groups in total. The van der Waals surface area contributed by atoms with E-state index in [9.17, 15) is 4.57 Å². The first-order chi connectivity index (χ1) is 8.11. The summed E-state index contributed by atoms with van der Waals surface area (Å²) in [5.41, 5.74) is 0. The van der Waals surface area contributed by atoms with Crippen molar-refractivity contribution in [1.82, 2.24) is 0 Å². The zero-order chi connectivity index (χ0) is 13.1. The van der Waals surface area contributed by atoms with Crippen molar-refractivity contribution < 1.29 is 27.8 Å². The lowest BCUT2D eigenvalue weighted by Gasteiger charge is -2.21. The molecule has 6 nitrogen and oxygen atoms in total. The molecule has 0 aromatic carbocycles. The molecule has 0 bridgehead atoms. The highest BCUT2D eigenvalue weighted by Gasteiger charge is 2.26. The number of ether oxygens (including phenoxy) is 3. The van der Waals surface area contributed by atoms with E-state index >= 15 is 0 Å². The second-order valence-electron chi connectivity index (χ2n) is 2.94. The SMILES string of the molecule is CCOC(OCC)OCP(=O)(OCC)OCC. The van der Waals surface area contributed by atoms with Gasteiger partial charge in [0.1, 0.15) is 0 Å². The molecule has 0 unspecified atom stereocenters. The second kappa shape index (κ2) is 10.00. The van der Waals surface area contributed by atoms with E-state index < -0.39 is 14.1 Å². The van der Waals surface area contributed by atoms with E-state index in [2.05, 4.69) is 0 Å². The number of rotatable bonds is 11. The molecule has 0 aromatic heterocycles. The molecule has 0 rings (SSSR count). The zero-order valence-corrected chi connectivity index (χ0v) is 11.9. The minimum atomic E-state index is -3.20. The van der Waals surface area contributed by atoms with Crippen molar-refractivity contribution in [1.29, 1.82) is 0 Å². The molecule has 0 aromatic rings. The Morgan fingerprint density at radius 2 is 1.29 bits per heavy atom. The van der Waals surface area contributed by atoms with Crippen LogP contribution in [0.15, 0.2) is 0 Å². The number of hydrogen-bond donors (Lipinski definition) is 0. The van der Waals surface area contributed by atoms with Crippen molar-refractivity contribution in [2.75, 3.05) is 32.8 Å². The molecule has 0 atom stereocenters. The van der Waals surface area contributed by atoms with Gasteiger partial charge in [0.2, 0.25) is 0 Å². The fraction of sp³-hybridized carbons (Fsp3) is 1.00. The summed E-state index contributed by atoms with van der Waals surface area (Å²) in [6.45, 7) is 7.78. The molecule has 0 amide bonds. The monoisotopic (exact) mass is 270 g/mol. The molecular weight excluding hydrogens is 247 g/mol. The van der Waals surface area contributed by atoms with E-state index in [1.54, 1.807) is 13.8 Å². The fourth-order valence-electron chi connectivity index (χ4n) is 1.07. The molecule has 0 radical (unpaired) electrons. The van der Waals surface area contributed by atoms with Gasteiger partial charge in [-0.3, -0.25) is 4.57 Å². The van der Waals surface area contributed by atoms with E-state index in [0.29, 0.717) is 26.4 Å². The van der Waals surface area contributed by atoms with Gasteiger partial charge in [-0.25, -0.2) is 0 Å². The summed E-state index contributed by atoms with van der Waals surface area (Å²) in [7, 11) is -3.20. The van der Waals surface area contributed by atoms with Gasteiger partial charge in [0.05, 0.1) is 13.2 Å². The van der Waals surface area contributed by atoms with E-state index in [1.807, 2.05) is 13.8 Å². The van der Waals surface area contributed by atoms with E-state index in [1.165, 1.54) is 0 Å². The first kappa shape index (κ1) is 17.0. The average molecular weight is 270 g/mol. The summed E-state index contributed by atoms with van der Waals surface area (Å²) in [4.78, 5) is 0. The largest absolute Gasteiger partial charge is 0.356 e. The minimum absolute atomic E-state index is 0.181. The Morgan fingerprint density at radius 1 is 0.824 bits per heavy atom. The van der Waals surface area contributed by atoms with Crippen LogP contribution in [0, 0.1) is 0 Å². The minimum Gasteiger partial charge on any atom is -0.330 e. The molecule has 0 saturated heterocycles. The first-order valence-corrected chi connectivity index (χ1v) is 7.57. The normalized spacial score (nSPS) is 12.3. The molecular formula is C10H23O6P. The average Bonchev–Trinajstić information content (AvgIpc) is 2.27. The quantitative estimate of drug-likeness (QED) is 0.425. The highest BCUT2D eigenvalue weighted by molar-refractivity contribution is 7.53.